The molecule has 1 aromatic rings. The van der Waals surface area contributed by atoms with Crippen LogP contribution in [-0.4, -0.2) is 11.0 Å². The van der Waals surface area contributed by atoms with Gasteiger partial charge in [0, 0.05) is 18.0 Å². The molecule has 2 heteroatoms. The Morgan fingerprint density at radius 2 is 2.06 bits per heavy atom. The Hall–Kier alpha value is -1.33. The Balaban J connectivity index is 2.94. The molecule has 86 valence electrons. The van der Waals surface area contributed by atoms with Crippen LogP contribution >= 0.6 is 0 Å². The van der Waals surface area contributed by atoms with Crippen LogP contribution in [0.25, 0.3) is 0 Å². The first-order valence-electron chi connectivity index (χ1n) is 5.66. The number of nitrogens with zero attached hydrogens (tertiary/aromatic N) is 1. The lowest BCUT2D eigenvalue weighted by Gasteiger charge is -2.18. The maximum Gasteiger partial charge on any atom is 0.0665 e. The van der Waals surface area contributed by atoms with E-state index in [-0.39, 0.29) is 11.5 Å². The minimum Gasteiger partial charge on any atom is -0.318 e. The molecule has 0 aromatic carbocycles. The molecule has 0 unspecified atom stereocenters. The van der Waals surface area contributed by atoms with Crippen molar-refractivity contribution in [2.45, 2.75) is 45.6 Å². The topological polar surface area (TPSA) is 38.9 Å². The second-order valence-corrected chi connectivity index (χ2v) is 5.00. The molecular formula is C14H20N2. The van der Waals surface area contributed by atoms with Gasteiger partial charge >= 0.3 is 0 Å². The van der Waals surface area contributed by atoms with E-state index in [2.05, 4.69) is 43.7 Å². The van der Waals surface area contributed by atoms with Crippen molar-refractivity contribution in [2.75, 3.05) is 0 Å². The molecule has 0 aliphatic heterocycles. The van der Waals surface area contributed by atoms with E-state index in [0.717, 1.165) is 12.0 Å². The smallest absolute Gasteiger partial charge is 0.0665 e. The number of hydrogen-bond donors (Lipinski definition) is 1. The second kappa shape index (κ2) is 5.14. The van der Waals surface area contributed by atoms with Crippen LogP contribution in [0.15, 0.2) is 18.5 Å². The van der Waals surface area contributed by atoms with Gasteiger partial charge in [-0.3, -0.25) is 4.98 Å². The minimum absolute atomic E-state index is 0.0432. The molecule has 0 amide bonds. The molecule has 0 radical (unpaired) electrons. The summed E-state index contributed by atoms with van der Waals surface area (Å²) in [6.07, 6.45) is 4.55. The number of aromatic nitrogens is 1. The van der Waals surface area contributed by atoms with Crippen LogP contribution in [0.2, 0.25) is 0 Å². The maximum atomic E-state index is 5.75. The molecule has 0 saturated heterocycles. The zero-order valence-corrected chi connectivity index (χ0v) is 10.5. The molecule has 16 heavy (non-hydrogen) atoms. The first-order valence-corrected chi connectivity index (χ1v) is 5.66. The molecule has 0 fully saturated rings. The summed E-state index contributed by atoms with van der Waals surface area (Å²) < 4.78 is 0. The van der Waals surface area contributed by atoms with Crippen molar-refractivity contribution in [3.8, 4) is 11.8 Å². The number of pyridine rings is 1. The van der Waals surface area contributed by atoms with Crippen molar-refractivity contribution < 1.29 is 0 Å². The molecule has 1 atom stereocenters. The average molecular weight is 216 g/mol. The Morgan fingerprint density at radius 3 is 2.62 bits per heavy atom. The second-order valence-electron chi connectivity index (χ2n) is 5.00. The molecule has 1 aromatic heterocycles. The molecule has 2 N–H and O–H groups in total. The standard InChI is InChI=1S/C14H20N2/c1-5-13(15)7-6-11-8-12(10-16-9-11)14(2,3)4/h8-10,13H,5,15H2,1-4H3/t13-/m1/s1. The van der Waals surface area contributed by atoms with Crippen molar-refractivity contribution in [1.82, 2.24) is 4.98 Å². The van der Waals surface area contributed by atoms with Crippen LogP contribution in [0.3, 0.4) is 0 Å². The largest absolute Gasteiger partial charge is 0.318 e. The molecule has 0 aliphatic rings. The third kappa shape index (κ3) is 3.67. The van der Waals surface area contributed by atoms with Crippen molar-refractivity contribution >= 4 is 0 Å². The van der Waals surface area contributed by atoms with E-state index < -0.39 is 0 Å². The number of rotatable bonds is 1. The van der Waals surface area contributed by atoms with Gasteiger partial charge in [0.25, 0.3) is 0 Å². The first-order chi connectivity index (χ1) is 7.43. The Kier molecular flexibility index (Phi) is 4.09. The van der Waals surface area contributed by atoms with Crippen LogP contribution < -0.4 is 5.73 Å². The van der Waals surface area contributed by atoms with E-state index in [4.69, 9.17) is 5.73 Å². The molecule has 0 bridgehead atoms. The normalized spacial score (nSPS) is 12.8. The van der Waals surface area contributed by atoms with Gasteiger partial charge in [0.1, 0.15) is 0 Å². The first kappa shape index (κ1) is 12.7. The molecule has 1 rings (SSSR count). The van der Waals surface area contributed by atoms with E-state index in [1.54, 1.807) is 6.20 Å². The monoisotopic (exact) mass is 216 g/mol. The summed E-state index contributed by atoms with van der Waals surface area (Å²) in [5.74, 6) is 6.09. The highest BCUT2D eigenvalue weighted by Gasteiger charge is 2.13. The lowest BCUT2D eigenvalue weighted by atomic mass is 9.88. The summed E-state index contributed by atoms with van der Waals surface area (Å²) in [4.78, 5) is 4.21. The Bertz CT molecular complexity index is 405. The number of hydrogen-bond acceptors (Lipinski definition) is 2. The summed E-state index contributed by atoms with van der Waals surface area (Å²) >= 11 is 0. The van der Waals surface area contributed by atoms with E-state index >= 15 is 0 Å². The molecular weight excluding hydrogens is 196 g/mol. The fourth-order valence-electron chi connectivity index (χ4n) is 1.20. The van der Waals surface area contributed by atoms with Crippen LogP contribution in [-0.2, 0) is 5.41 Å². The highest BCUT2D eigenvalue weighted by atomic mass is 14.6. The maximum absolute atomic E-state index is 5.75. The fraction of sp³-hybridized carbons (Fsp3) is 0.500. The predicted octanol–water partition coefficient (Wildman–Crippen LogP) is 2.47. The summed E-state index contributed by atoms with van der Waals surface area (Å²) in [6, 6.07) is 2.04. The van der Waals surface area contributed by atoms with Gasteiger partial charge in [-0.05, 0) is 23.5 Å². The van der Waals surface area contributed by atoms with Gasteiger partial charge < -0.3 is 5.73 Å². The van der Waals surface area contributed by atoms with Gasteiger partial charge in [0.05, 0.1) is 6.04 Å². The van der Waals surface area contributed by atoms with Gasteiger partial charge in [-0.25, -0.2) is 0 Å². The molecule has 1 heterocycles. The van der Waals surface area contributed by atoms with Gasteiger partial charge in [0.15, 0.2) is 0 Å². The molecule has 0 aliphatic carbocycles. The van der Waals surface area contributed by atoms with Gasteiger partial charge in [-0.1, -0.05) is 39.5 Å². The summed E-state index contributed by atoms with van der Waals surface area (Å²) in [5, 5.41) is 0. The Morgan fingerprint density at radius 1 is 1.38 bits per heavy atom. The van der Waals surface area contributed by atoms with E-state index in [1.165, 1.54) is 5.56 Å². The number of nitrogens with two attached hydrogens (primary N) is 1. The zero-order chi connectivity index (χ0) is 12.2. The SMILES string of the molecule is CC[C@@H](N)C#Cc1cncc(C(C)(C)C)c1. The van der Waals surface area contributed by atoms with Crippen molar-refractivity contribution in [3.63, 3.8) is 0 Å². The molecule has 2 nitrogen and oxygen atoms in total. The predicted molar refractivity (Wildman–Crippen MR) is 68.1 cm³/mol. The molecule has 0 saturated carbocycles. The average Bonchev–Trinajstić information content (AvgIpc) is 2.25. The summed E-state index contributed by atoms with van der Waals surface area (Å²) in [6.45, 7) is 8.53. The third-order valence-corrected chi connectivity index (χ3v) is 2.45. The van der Waals surface area contributed by atoms with E-state index in [0.29, 0.717) is 0 Å². The highest BCUT2D eigenvalue weighted by molar-refractivity contribution is 5.37. The van der Waals surface area contributed by atoms with Crippen LogP contribution in [0.1, 0.15) is 45.2 Å². The molecule has 0 spiro atoms. The highest BCUT2D eigenvalue weighted by Crippen LogP contribution is 2.21. The van der Waals surface area contributed by atoms with E-state index in [9.17, 15) is 0 Å². The van der Waals surface area contributed by atoms with Crippen LogP contribution in [0.4, 0.5) is 0 Å². The third-order valence-electron chi connectivity index (χ3n) is 2.45. The quantitative estimate of drug-likeness (QED) is 0.732. The van der Waals surface area contributed by atoms with Gasteiger partial charge in [-0.2, -0.15) is 0 Å². The van der Waals surface area contributed by atoms with E-state index in [1.807, 2.05) is 13.1 Å². The summed E-state index contributed by atoms with van der Waals surface area (Å²) in [5.41, 5.74) is 8.00. The van der Waals surface area contributed by atoms with Crippen molar-refractivity contribution in [2.24, 2.45) is 5.73 Å². The van der Waals surface area contributed by atoms with Gasteiger partial charge in [0.2, 0.25) is 0 Å². The van der Waals surface area contributed by atoms with Crippen molar-refractivity contribution in [1.29, 1.82) is 0 Å². The minimum atomic E-state index is -0.0432. The van der Waals surface area contributed by atoms with Crippen molar-refractivity contribution in [3.05, 3.63) is 29.6 Å². The Labute approximate surface area is 98.3 Å². The van der Waals surface area contributed by atoms with Gasteiger partial charge in [-0.15, -0.1) is 0 Å². The van der Waals surface area contributed by atoms with Crippen LogP contribution in [0, 0.1) is 11.8 Å². The fourth-order valence-corrected chi connectivity index (χ4v) is 1.20. The summed E-state index contributed by atoms with van der Waals surface area (Å²) in [7, 11) is 0. The lowest BCUT2D eigenvalue weighted by Crippen LogP contribution is -2.15. The van der Waals surface area contributed by atoms with Crippen LogP contribution in [0.5, 0.6) is 0 Å². The zero-order valence-electron chi connectivity index (χ0n) is 10.5. The lowest BCUT2D eigenvalue weighted by molar-refractivity contribution is 0.587.